The van der Waals surface area contributed by atoms with Crippen molar-refractivity contribution < 1.29 is 19.8 Å². The van der Waals surface area contributed by atoms with Crippen molar-refractivity contribution in [2.24, 2.45) is 5.92 Å². The number of carbonyl (C=O) groups excluding carboxylic acids is 1. The van der Waals surface area contributed by atoms with Gasteiger partial charge in [-0.3, -0.25) is 9.59 Å². The third kappa shape index (κ3) is 3.79. The molecule has 16 heavy (non-hydrogen) atoms. The van der Waals surface area contributed by atoms with E-state index in [0.29, 0.717) is 25.9 Å². The molecule has 0 spiro atoms. The van der Waals surface area contributed by atoms with Crippen LogP contribution in [-0.4, -0.2) is 47.3 Å². The van der Waals surface area contributed by atoms with Crippen LogP contribution in [0.3, 0.4) is 0 Å². The highest BCUT2D eigenvalue weighted by molar-refractivity contribution is 5.82. The number of amides is 1. The predicted octanol–water partition coefficient (Wildman–Crippen LogP) is -1.06. The Kier molecular flexibility index (Phi) is 4.70. The third-order valence-electron chi connectivity index (χ3n) is 2.72. The normalized spacial score (nSPS) is 26.4. The van der Waals surface area contributed by atoms with Crippen molar-refractivity contribution in [2.45, 2.75) is 31.9 Å². The average molecular weight is 230 g/mol. The lowest BCUT2D eigenvalue weighted by atomic mass is 10.1. The first kappa shape index (κ1) is 12.9. The van der Waals surface area contributed by atoms with E-state index < -0.39 is 18.0 Å². The zero-order valence-electron chi connectivity index (χ0n) is 9.27. The summed E-state index contributed by atoms with van der Waals surface area (Å²) in [5.74, 6) is -1.49. The Morgan fingerprint density at radius 2 is 2.25 bits per heavy atom. The summed E-state index contributed by atoms with van der Waals surface area (Å²) in [6.45, 7) is 2.39. The number of carbonyl (C=O) groups is 2. The molecule has 0 aromatic rings. The molecule has 1 saturated heterocycles. The van der Waals surface area contributed by atoms with Gasteiger partial charge in [0.25, 0.3) is 0 Å². The molecule has 4 N–H and O–H groups in total. The van der Waals surface area contributed by atoms with Crippen molar-refractivity contribution in [3.8, 4) is 0 Å². The first-order valence-corrected chi connectivity index (χ1v) is 5.42. The Bertz CT molecular complexity index is 270. The Labute approximate surface area is 94.0 Å². The van der Waals surface area contributed by atoms with Gasteiger partial charge >= 0.3 is 5.97 Å². The second kappa shape index (κ2) is 5.81. The van der Waals surface area contributed by atoms with Crippen molar-refractivity contribution in [2.75, 3.05) is 13.1 Å². The first-order valence-electron chi connectivity index (χ1n) is 5.42. The number of aliphatic hydroxyl groups excluding tert-OH is 1. The molecule has 0 aliphatic carbocycles. The standard InChI is InChI=1S/C10H18N2O4/c1-6(10(15)16)2-3-11-9(14)8-4-7(13)5-12-8/h6-8,12-13H,2-5H2,1H3,(H,11,14)(H,15,16). The maximum absolute atomic E-state index is 11.5. The van der Waals surface area contributed by atoms with Gasteiger partial charge in [-0.2, -0.15) is 0 Å². The van der Waals surface area contributed by atoms with E-state index in [4.69, 9.17) is 5.11 Å². The van der Waals surface area contributed by atoms with Crippen LogP contribution in [0.2, 0.25) is 0 Å². The molecule has 6 heteroatoms. The van der Waals surface area contributed by atoms with Crippen LogP contribution in [0, 0.1) is 5.92 Å². The van der Waals surface area contributed by atoms with E-state index in [-0.39, 0.29) is 11.9 Å². The summed E-state index contributed by atoms with van der Waals surface area (Å²) >= 11 is 0. The van der Waals surface area contributed by atoms with Crippen molar-refractivity contribution in [3.63, 3.8) is 0 Å². The quantitative estimate of drug-likeness (QED) is 0.482. The molecule has 1 amide bonds. The number of carboxylic acids is 1. The Morgan fingerprint density at radius 3 is 2.75 bits per heavy atom. The Hall–Kier alpha value is -1.14. The lowest BCUT2D eigenvalue weighted by Gasteiger charge is -2.12. The molecule has 3 unspecified atom stereocenters. The van der Waals surface area contributed by atoms with Gasteiger partial charge < -0.3 is 20.8 Å². The molecular formula is C10H18N2O4. The van der Waals surface area contributed by atoms with Gasteiger partial charge in [-0.05, 0) is 12.8 Å². The van der Waals surface area contributed by atoms with Gasteiger partial charge in [0.05, 0.1) is 18.1 Å². The molecule has 0 saturated carbocycles. The van der Waals surface area contributed by atoms with Gasteiger partial charge in [0.1, 0.15) is 0 Å². The zero-order valence-corrected chi connectivity index (χ0v) is 9.27. The highest BCUT2D eigenvalue weighted by atomic mass is 16.4. The van der Waals surface area contributed by atoms with E-state index in [1.807, 2.05) is 0 Å². The summed E-state index contributed by atoms with van der Waals surface area (Å²) in [7, 11) is 0. The third-order valence-corrected chi connectivity index (χ3v) is 2.72. The van der Waals surface area contributed by atoms with Crippen LogP contribution in [-0.2, 0) is 9.59 Å². The first-order chi connectivity index (χ1) is 7.50. The SMILES string of the molecule is CC(CCNC(=O)C1CC(O)CN1)C(=O)O. The number of β-amino-alcohol motifs (C(OH)–C–C–N with tert-alkyl or cyclic N) is 1. The fourth-order valence-electron chi connectivity index (χ4n) is 1.58. The summed E-state index contributed by atoms with van der Waals surface area (Å²) < 4.78 is 0. The molecule has 1 fully saturated rings. The Morgan fingerprint density at radius 1 is 1.56 bits per heavy atom. The van der Waals surface area contributed by atoms with Gasteiger partial charge in [0.15, 0.2) is 0 Å². The number of aliphatic hydroxyl groups is 1. The van der Waals surface area contributed by atoms with Crippen LogP contribution in [0.25, 0.3) is 0 Å². The average Bonchev–Trinajstić information content (AvgIpc) is 2.64. The molecule has 3 atom stereocenters. The monoisotopic (exact) mass is 230 g/mol. The van der Waals surface area contributed by atoms with Gasteiger partial charge in [0.2, 0.25) is 5.91 Å². The summed E-state index contributed by atoms with van der Waals surface area (Å²) in [6, 6.07) is -0.352. The second-order valence-electron chi connectivity index (χ2n) is 4.17. The zero-order chi connectivity index (χ0) is 12.1. The number of carboxylic acid groups (broad SMARTS) is 1. The summed E-state index contributed by atoms with van der Waals surface area (Å²) in [6.07, 6.45) is 0.366. The number of hydrogen-bond acceptors (Lipinski definition) is 4. The lowest BCUT2D eigenvalue weighted by molar-refractivity contribution is -0.141. The molecule has 0 aromatic heterocycles. The van der Waals surface area contributed by atoms with E-state index in [1.165, 1.54) is 0 Å². The van der Waals surface area contributed by atoms with E-state index in [1.54, 1.807) is 6.92 Å². The summed E-state index contributed by atoms with van der Waals surface area (Å²) in [5.41, 5.74) is 0. The Balaban J connectivity index is 2.18. The van der Waals surface area contributed by atoms with Crippen molar-refractivity contribution in [1.29, 1.82) is 0 Å². The van der Waals surface area contributed by atoms with Crippen molar-refractivity contribution in [1.82, 2.24) is 10.6 Å². The van der Waals surface area contributed by atoms with Gasteiger partial charge in [-0.25, -0.2) is 0 Å². The molecular weight excluding hydrogens is 212 g/mol. The maximum Gasteiger partial charge on any atom is 0.306 e. The minimum Gasteiger partial charge on any atom is -0.481 e. The topological polar surface area (TPSA) is 98.7 Å². The van der Waals surface area contributed by atoms with Gasteiger partial charge in [0, 0.05) is 13.1 Å². The number of nitrogens with one attached hydrogen (secondary N) is 2. The number of hydrogen-bond donors (Lipinski definition) is 4. The smallest absolute Gasteiger partial charge is 0.306 e. The molecule has 0 bridgehead atoms. The number of aliphatic carboxylic acids is 1. The van der Waals surface area contributed by atoms with Gasteiger partial charge in [-0.1, -0.05) is 6.92 Å². The van der Waals surface area contributed by atoms with Crippen LogP contribution in [0.5, 0.6) is 0 Å². The summed E-state index contributed by atoms with van der Waals surface area (Å²) in [5, 5.41) is 23.4. The molecule has 0 radical (unpaired) electrons. The number of rotatable bonds is 5. The molecule has 0 aromatic carbocycles. The molecule has 6 nitrogen and oxygen atoms in total. The van der Waals surface area contributed by atoms with Crippen molar-refractivity contribution >= 4 is 11.9 Å². The van der Waals surface area contributed by atoms with Crippen LogP contribution in [0.1, 0.15) is 19.8 Å². The lowest BCUT2D eigenvalue weighted by Crippen LogP contribution is -2.41. The molecule has 1 aliphatic heterocycles. The van der Waals surface area contributed by atoms with Crippen LogP contribution in [0.4, 0.5) is 0 Å². The van der Waals surface area contributed by atoms with E-state index >= 15 is 0 Å². The second-order valence-corrected chi connectivity index (χ2v) is 4.17. The largest absolute Gasteiger partial charge is 0.481 e. The highest BCUT2D eigenvalue weighted by Gasteiger charge is 2.27. The molecule has 1 rings (SSSR count). The van der Waals surface area contributed by atoms with Crippen LogP contribution >= 0.6 is 0 Å². The minimum atomic E-state index is -0.858. The molecule has 1 heterocycles. The minimum absolute atomic E-state index is 0.172. The fraction of sp³-hybridized carbons (Fsp3) is 0.800. The van der Waals surface area contributed by atoms with Crippen molar-refractivity contribution in [3.05, 3.63) is 0 Å². The molecule has 1 aliphatic rings. The molecule has 92 valence electrons. The van der Waals surface area contributed by atoms with Crippen LogP contribution in [0.15, 0.2) is 0 Å². The van der Waals surface area contributed by atoms with E-state index in [0.717, 1.165) is 0 Å². The van der Waals surface area contributed by atoms with Crippen LogP contribution < -0.4 is 10.6 Å². The summed E-state index contributed by atoms with van der Waals surface area (Å²) in [4.78, 5) is 22.0. The van der Waals surface area contributed by atoms with E-state index in [2.05, 4.69) is 10.6 Å². The predicted molar refractivity (Wildman–Crippen MR) is 56.8 cm³/mol. The highest BCUT2D eigenvalue weighted by Crippen LogP contribution is 2.06. The van der Waals surface area contributed by atoms with E-state index in [9.17, 15) is 14.7 Å². The fourth-order valence-corrected chi connectivity index (χ4v) is 1.58. The maximum atomic E-state index is 11.5. The van der Waals surface area contributed by atoms with Gasteiger partial charge in [-0.15, -0.1) is 0 Å².